The Bertz CT molecular complexity index is 1210. The number of aryl methyl sites for hydroxylation is 1. The minimum Gasteiger partial charge on any atom is -0.492 e. The van der Waals surface area contributed by atoms with Gasteiger partial charge in [-0.1, -0.05) is 12.1 Å². The monoisotopic (exact) mass is 487 g/mol. The van der Waals surface area contributed by atoms with E-state index >= 15 is 0 Å². The number of benzene rings is 1. The number of nitrogens with zero attached hydrogens (tertiary/aromatic N) is 4. The van der Waals surface area contributed by atoms with Crippen molar-refractivity contribution >= 4 is 21.6 Å². The number of piperazine rings is 1. The van der Waals surface area contributed by atoms with Crippen molar-refractivity contribution in [3.05, 3.63) is 60.2 Å². The predicted molar refractivity (Wildman–Crippen MR) is 126 cm³/mol. The Morgan fingerprint density at radius 3 is 2.56 bits per heavy atom. The molecule has 0 radical (unpaired) electrons. The molecule has 1 aliphatic rings. The zero-order valence-electron chi connectivity index (χ0n) is 19.3. The molecule has 2 aromatic heterocycles. The van der Waals surface area contributed by atoms with Gasteiger partial charge in [-0.2, -0.15) is 9.40 Å². The number of anilines is 1. The molecule has 1 aromatic carbocycles. The first kappa shape index (κ1) is 23.8. The lowest BCUT2D eigenvalue weighted by Gasteiger charge is -2.35. The number of hydrogen-bond acceptors (Lipinski definition) is 7. The predicted octanol–water partition coefficient (Wildman–Crippen LogP) is 2.34. The van der Waals surface area contributed by atoms with Gasteiger partial charge in [0.25, 0.3) is 15.9 Å². The summed E-state index contributed by atoms with van der Waals surface area (Å²) in [4.78, 5) is 15.0. The van der Waals surface area contributed by atoms with Crippen LogP contribution in [0.25, 0.3) is 0 Å². The number of furan rings is 1. The highest BCUT2D eigenvalue weighted by atomic mass is 32.2. The topological polar surface area (TPSA) is 110 Å². The van der Waals surface area contributed by atoms with E-state index in [1.807, 2.05) is 38.1 Å². The van der Waals surface area contributed by atoms with E-state index in [1.54, 1.807) is 12.1 Å². The van der Waals surface area contributed by atoms with Gasteiger partial charge in [0.05, 0.1) is 30.7 Å². The molecular weight excluding hydrogens is 458 g/mol. The lowest BCUT2D eigenvalue weighted by atomic mass is 10.2. The number of aromatic nitrogens is 2. The molecule has 3 aromatic rings. The molecule has 0 unspecified atom stereocenters. The Balaban J connectivity index is 1.50. The first-order valence-corrected chi connectivity index (χ1v) is 12.7. The van der Waals surface area contributed by atoms with Crippen LogP contribution in [-0.4, -0.2) is 61.2 Å². The summed E-state index contributed by atoms with van der Waals surface area (Å²) in [6, 6.07) is 11.2. The fourth-order valence-electron chi connectivity index (χ4n) is 3.88. The summed E-state index contributed by atoms with van der Waals surface area (Å²) in [6.45, 7) is 6.45. The molecule has 0 aliphatic carbocycles. The Morgan fingerprint density at radius 1 is 1.12 bits per heavy atom. The van der Waals surface area contributed by atoms with Crippen LogP contribution in [0.5, 0.6) is 5.75 Å². The van der Waals surface area contributed by atoms with Crippen LogP contribution in [0.3, 0.4) is 0 Å². The van der Waals surface area contributed by atoms with Crippen molar-refractivity contribution in [1.29, 1.82) is 0 Å². The summed E-state index contributed by atoms with van der Waals surface area (Å²) in [6.07, 6.45) is 2.98. The van der Waals surface area contributed by atoms with Gasteiger partial charge in [0.15, 0.2) is 0 Å². The van der Waals surface area contributed by atoms with E-state index in [2.05, 4.69) is 15.3 Å². The van der Waals surface area contributed by atoms with Crippen molar-refractivity contribution in [2.75, 3.05) is 37.7 Å². The summed E-state index contributed by atoms with van der Waals surface area (Å²) in [5, 5.41) is 6.71. The maximum atomic E-state index is 13.5. The first-order valence-electron chi connectivity index (χ1n) is 11.3. The molecule has 34 heavy (non-hydrogen) atoms. The zero-order chi connectivity index (χ0) is 24.1. The Morgan fingerprint density at radius 2 is 1.88 bits per heavy atom. The Kier molecular flexibility index (Phi) is 7.23. The molecule has 1 fully saturated rings. The van der Waals surface area contributed by atoms with Gasteiger partial charge in [-0.3, -0.25) is 9.48 Å². The number of ether oxygens (including phenoxy) is 1. The highest BCUT2D eigenvalue weighted by Gasteiger charge is 2.35. The Labute approximate surface area is 199 Å². The van der Waals surface area contributed by atoms with E-state index in [4.69, 9.17) is 9.15 Å². The van der Waals surface area contributed by atoms with Gasteiger partial charge >= 0.3 is 0 Å². The molecule has 1 aliphatic heterocycles. The molecule has 0 bridgehead atoms. The van der Waals surface area contributed by atoms with Crippen molar-refractivity contribution in [3.8, 4) is 5.75 Å². The summed E-state index contributed by atoms with van der Waals surface area (Å²) in [5.74, 6) is 0.835. The third-order valence-electron chi connectivity index (χ3n) is 5.63. The minimum atomic E-state index is -3.97. The molecule has 1 saturated heterocycles. The number of amides is 1. The van der Waals surface area contributed by atoms with E-state index in [0.29, 0.717) is 32.0 Å². The number of carbonyl (C=O) groups is 1. The van der Waals surface area contributed by atoms with Gasteiger partial charge in [0, 0.05) is 38.9 Å². The summed E-state index contributed by atoms with van der Waals surface area (Å²) >= 11 is 0. The second kappa shape index (κ2) is 10.3. The molecule has 10 nitrogen and oxygen atoms in total. The molecule has 182 valence electrons. The Hall–Kier alpha value is -3.31. The molecule has 0 atom stereocenters. The lowest BCUT2D eigenvalue weighted by molar-refractivity contribution is 0.0944. The summed E-state index contributed by atoms with van der Waals surface area (Å²) < 4.78 is 40.8. The molecule has 3 heterocycles. The normalized spacial score (nSPS) is 14.8. The highest BCUT2D eigenvalue weighted by Crippen LogP contribution is 2.30. The quantitative estimate of drug-likeness (QED) is 0.493. The third-order valence-corrected chi connectivity index (χ3v) is 7.46. The summed E-state index contributed by atoms with van der Waals surface area (Å²) in [7, 11) is -3.97. The van der Waals surface area contributed by atoms with E-state index < -0.39 is 15.9 Å². The maximum absolute atomic E-state index is 13.5. The average molecular weight is 488 g/mol. The SMILES string of the molecule is CCOc1ccccc1N1CCN(S(=O)(=O)c2nn(CC)cc2C(=O)NCc2ccco2)CC1. The smallest absolute Gasteiger partial charge is 0.263 e. The van der Waals surface area contributed by atoms with Crippen molar-refractivity contribution in [1.82, 2.24) is 19.4 Å². The van der Waals surface area contributed by atoms with E-state index in [9.17, 15) is 13.2 Å². The van der Waals surface area contributed by atoms with Gasteiger partial charge in [-0.15, -0.1) is 0 Å². The molecular formula is C23H29N5O5S. The fourth-order valence-corrected chi connectivity index (χ4v) is 5.40. The molecule has 4 rings (SSSR count). The van der Waals surface area contributed by atoms with E-state index in [1.165, 1.54) is 21.4 Å². The number of sulfonamides is 1. The number of para-hydroxylation sites is 2. The van der Waals surface area contributed by atoms with Gasteiger partial charge in [0.1, 0.15) is 11.5 Å². The van der Waals surface area contributed by atoms with Crippen LogP contribution in [-0.2, 0) is 23.1 Å². The standard InChI is InChI=1S/C23H29N5O5S/c1-3-27-17-19(22(29)24-16-18-8-7-15-33-18)23(25-27)34(30,31)28-13-11-26(12-14-28)20-9-5-6-10-21(20)32-4-2/h5-10,15,17H,3-4,11-14,16H2,1-2H3,(H,24,29). The van der Waals surface area contributed by atoms with Gasteiger partial charge < -0.3 is 19.4 Å². The van der Waals surface area contributed by atoms with Crippen LogP contribution >= 0.6 is 0 Å². The van der Waals surface area contributed by atoms with Crippen molar-refractivity contribution in [2.24, 2.45) is 0 Å². The van der Waals surface area contributed by atoms with Crippen molar-refractivity contribution in [2.45, 2.75) is 32.0 Å². The molecule has 1 amide bonds. The summed E-state index contributed by atoms with van der Waals surface area (Å²) in [5.41, 5.74) is 0.965. The van der Waals surface area contributed by atoms with Crippen LogP contribution < -0.4 is 15.0 Å². The maximum Gasteiger partial charge on any atom is 0.263 e. The van der Waals surface area contributed by atoms with Crippen molar-refractivity contribution in [3.63, 3.8) is 0 Å². The molecule has 0 saturated carbocycles. The second-order valence-corrected chi connectivity index (χ2v) is 9.61. The number of nitrogens with one attached hydrogen (secondary N) is 1. The van der Waals surface area contributed by atoms with Gasteiger partial charge in [-0.05, 0) is 38.1 Å². The highest BCUT2D eigenvalue weighted by molar-refractivity contribution is 7.89. The molecule has 0 spiro atoms. The number of rotatable bonds is 9. The second-order valence-electron chi connectivity index (χ2n) is 7.76. The third kappa shape index (κ3) is 4.95. The first-order chi connectivity index (χ1) is 16.4. The molecule has 1 N–H and O–H groups in total. The lowest BCUT2D eigenvalue weighted by Crippen LogP contribution is -2.49. The van der Waals surface area contributed by atoms with Gasteiger partial charge in [-0.25, -0.2) is 8.42 Å². The van der Waals surface area contributed by atoms with Crippen molar-refractivity contribution < 1.29 is 22.4 Å². The fraction of sp³-hybridized carbons (Fsp3) is 0.391. The van der Waals surface area contributed by atoms with Crippen LogP contribution in [0.1, 0.15) is 30.0 Å². The van der Waals surface area contributed by atoms with Crippen LogP contribution in [0.2, 0.25) is 0 Å². The van der Waals surface area contributed by atoms with Crippen LogP contribution in [0, 0.1) is 0 Å². The van der Waals surface area contributed by atoms with Crippen LogP contribution in [0.4, 0.5) is 5.69 Å². The minimum absolute atomic E-state index is 0.0255. The number of carbonyl (C=O) groups excluding carboxylic acids is 1. The van der Waals surface area contributed by atoms with E-state index in [0.717, 1.165) is 11.4 Å². The molecule has 11 heteroatoms. The largest absolute Gasteiger partial charge is 0.492 e. The average Bonchev–Trinajstić information content (AvgIpc) is 3.54. The van der Waals surface area contributed by atoms with Gasteiger partial charge in [0.2, 0.25) is 5.03 Å². The van der Waals surface area contributed by atoms with Crippen LogP contribution in [0.15, 0.2) is 58.3 Å². The zero-order valence-corrected chi connectivity index (χ0v) is 20.1. The van der Waals surface area contributed by atoms with E-state index in [-0.39, 0.29) is 30.2 Å². The number of hydrogen-bond donors (Lipinski definition) is 1.